The van der Waals surface area contributed by atoms with E-state index in [4.69, 9.17) is 0 Å². The standard InChI is InChI=1S/C15H18BrN3O3S/c16-12-4-3-11(23-12)14(21)18-17-13(20)9-5-7-19(8-6-9)15(22)10-1-2-10/h3-4,9-10H,1-2,5-8H2,(H,17,20)(H,18,21). The van der Waals surface area contributed by atoms with Gasteiger partial charge in [0.1, 0.15) is 0 Å². The SMILES string of the molecule is O=C(NNC(=O)C1CCN(C(=O)C2CC2)CC1)c1ccc(Br)s1. The molecule has 23 heavy (non-hydrogen) atoms. The van der Waals surface area contributed by atoms with Gasteiger partial charge in [0, 0.05) is 24.9 Å². The van der Waals surface area contributed by atoms with Crippen LogP contribution in [0.5, 0.6) is 0 Å². The van der Waals surface area contributed by atoms with E-state index in [2.05, 4.69) is 26.8 Å². The van der Waals surface area contributed by atoms with Crippen LogP contribution in [0.25, 0.3) is 0 Å². The highest BCUT2D eigenvalue weighted by atomic mass is 79.9. The summed E-state index contributed by atoms with van der Waals surface area (Å²) < 4.78 is 0.863. The Bertz CT molecular complexity index is 621. The van der Waals surface area contributed by atoms with Gasteiger partial charge in [-0.15, -0.1) is 11.3 Å². The lowest BCUT2D eigenvalue weighted by Crippen LogP contribution is -2.48. The second-order valence-electron chi connectivity index (χ2n) is 5.92. The molecule has 1 saturated heterocycles. The van der Waals surface area contributed by atoms with E-state index in [0.29, 0.717) is 30.8 Å². The summed E-state index contributed by atoms with van der Waals surface area (Å²) in [5.41, 5.74) is 4.93. The Kier molecular flexibility index (Phi) is 5.01. The van der Waals surface area contributed by atoms with E-state index in [1.807, 2.05) is 4.90 Å². The number of carbonyl (C=O) groups excluding carboxylic acids is 3. The Morgan fingerprint density at radius 3 is 2.30 bits per heavy atom. The smallest absolute Gasteiger partial charge is 0.279 e. The molecule has 8 heteroatoms. The maximum Gasteiger partial charge on any atom is 0.279 e. The van der Waals surface area contributed by atoms with Crippen LogP contribution >= 0.6 is 27.3 Å². The highest BCUT2D eigenvalue weighted by molar-refractivity contribution is 9.11. The van der Waals surface area contributed by atoms with E-state index >= 15 is 0 Å². The molecule has 0 bridgehead atoms. The number of rotatable bonds is 3. The van der Waals surface area contributed by atoms with Gasteiger partial charge in [0.05, 0.1) is 8.66 Å². The fraction of sp³-hybridized carbons (Fsp3) is 0.533. The first-order chi connectivity index (χ1) is 11.0. The zero-order valence-corrected chi connectivity index (χ0v) is 14.9. The number of hydrogen-bond acceptors (Lipinski definition) is 4. The fourth-order valence-corrected chi connectivity index (χ4v) is 3.95. The van der Waals surface area contributed by atoms with Gasteiger partial charge in [0.25, 0.3) is 5.91 Å². The van der Waals surface area contributed by atoms with Crippen molar-refractivity contribution in [2.45, 2.75) is 25.7 Å². The summed E-state index contributed by atoms with van der Waals surface area (Å²) in [5.74, 6) is -0.207. The van der Waals surface area contributed by atoms with Crippen molar-refractivity contribution in [2.75, 3.05) is 13.1 Å². The highest BCUT2D eigenvalue weighted by Gasteiger charge is 2.36. The van der Waals surface area contributed by atoms with E-state index in [-0.39, 0.29) is 29.6 Å². The third-order valence-corrected chi connectivity index (χ3v) is 5.82. The quantitative estimate of drug-likeness (QED) is 0.762. The summed E-state index contributed by atoms with van der Waals surface area (Å²) in [6.07, 6.45) is 3.30. The van der Waals surface area contributed by atoms with Crippen LogP contribution < -0.4 is 10.9 Å². The van der Waals surface area contributed by atoms with Gasteiger partial charge in [-0.2, -0.15) is 0 Å². The average molecular weight is 400 g/mol. The number of nitrogens with zero attached hydrogens (tertiary/aromatic N) is 1. The van der Waals surface area contributed by atoms with Crippen LogP contribution in [0.1, 0.15) is 35.4 Å². The zero-order chi connectivity index (χ0) is 16.4. The Morgan fingerprint density at radius 1 is 1.04 bits per heavy atom. The monoisotopic (exact) mass is 399 g/mol. The van der Waals surface area contributed by atoms with Crippen LogP contribution in [-0.4, -0.2) is 35.7 Å². The molecule has 0 aromatic carbocycles. The van der Waals surface area contributed by atoms with Gasteiger partial charge in [0.2, 0.25) is 11.8 Å². The van der Waals surface area contributed by atoms with Crippen molar-refractivity contribution >= 4 is 45.0 Å². The molecule has 1 aliphatic heterocycles. The van der Waals surface area contributed by atoms with Gasteiger partial charge in [-0.05, 0) is 53.7 Å². The molecule has 124 valence electrons. The Balaban J connectivity index is 1.42. The van der Waals surface area contributed by atoms with E-state index in [1.54, 1.807) is 12.1 Å². The Labute approximate surface area is 146 Å². The minimum Gasteiger partial charge on any atom is -0.342 e. The predicted octanol–water partition coefficient (Wildman–Crippen LogP) is 1.92. The Morgan fingerprint density at radius 2 is 1.74 bits per heavy atom. The van der Waals surface area contributed by atoms with Crippen molar-refractivity contribution < 1.29 is 14.4 Å². The maximum absolute atomic E-state index is 12.1. The van der Waals surface area contributed by atoms with E-state index < -0.39 is 0 Å². The number of piperidine rings is 1. The first kappa shape index (κ1) is 16.4. The topological polar surface area (TPSA) is 78.5 Å². The number of nitrogens with one attached hydrogen (secondary N) is 2. The maximum atomic E-state index is 12.1. The zero-order valence-electron chi connectivity index (χ0n) is 12.5. The van der Waals surface area contributed by atoms with Crippen molar-refractivity contribution in [1.29, 1.82) is 0 Å². The summed E-state index contributed by atoms with van der Waals surface area (Å²) in [6, 6.07) is 3.48. The van der Waals surface area contributed by atoms with E-state index in [1.165, 1.54) is 11.3 Å². The number of amides is 3. The molecule has 2 N–H and O–H groups in total. The summed E-state index contributed by atoms with van der Waals surface area (Å²) in [6.45, 7) is 1.25. The molecule has 1 saturated carbocycles. The molecule has 3 amide bonds. The molecule has 0 radical (unpaired) electrons. The fourth-order valence-electron chi connectivity index (χ4n) is 2.67. The van der Waals surface area contributed by atoms with Gasteiger partial charge in [-0.3, -0.25) is 25.2 Å². The van der Waals surface area contributed by atoms with Gasteiger partial charge in [-0.1, -0.05) is 0 Å². The molecular formula is C15H18BrN3O3S. The number of likely N-dealkylation sites (tertiary alicyclic amines) is 1. The van der Waals surface area contributed by atoms with Crippen molar-refractivity contribution in [2.24, 2.45) is 11.8 Å². The third-order valence-electron chi connectivity index (χ3n) is 4.20. The molecule has 0 unspecified atom stereocenters. The van der Waals surface area contributed by atoms with E-state index in [0.717, 1.165) is 16.6 Å². The molecule has 2 aliphatic rings. The average Bonchev–Trinajstić information content (AvgIpc) is 3.33. The number of halogens is 1. The van der Waals surface area contributed by atoms with Crippen LogP contribution in [0.15, 0.2) is 15.9 Å². The van der Waals surface area contributed by atoms with E-state index in [9.17, 15) is 14.4 Å². The summed E-state index contributed by atoms with van der Waals surface area (Å²) in [5, 5.41) is 0. The molecule has 0 atom stereocenters. The second-order valence-corrected chi connectivity index (χ2v) is 8.38. The number of hydrogen-bond donors (Lipinski definition) is 2. The van der Waals surface area contributed by atoms with Crippen molar-refractivity contribution in [1.82, 2.24) is 15.8 Å². The van der Waals surface area contributed by atoms with Crippen LogP contribution in [0.3, 0.4) is 0 Å². The van der Waals surface area contributed by atoms with Crippen molar-refractivity contribution in [3.63, 3.8) is 0 Å². The second kappa shape index (κ2) is 7.00. The van der Waals surface area contributed by atoms with Crippen LogP contribution in [0.2, 0.25) is 0 Å². The first-order valence-corrected chi connectivity index (χ1v) is 9.30. The lowest BCUT2D eigenvalue weighted by Gasteiger charge is -2.31. The molecule has 6 nitrogen and oxygen atoms in total. The minimum atomic E-state index is -0.324. The van der Waals surface area contributed by atoms with Crippen LogP contribution in [0.4, 0.5) is 0 Å². The van der Waals surface area contributed by atoms with Gasteiger partial charge in [0.15, 0.2) is 0 Å². The minimum absolute atomic E-state index is 0.159. The largest absolute Gasteiger partial charge is 0.342 e. The summed E-state index contributed by atoms with van der Waals surface area (Å²) >= 11 is 4.60. The molecule has 2 fully saturated rings. The van der Waals surface area contributed by atoms with Gasteiger partial charge >= 0.3 is 0 Å². The van der Waals surface area contributed by atoms with Gasteiger partial charge < -0.3 is 4.90 Å². The molecule has 0 spiro atoms. The predicted molar refractivity (Wildman–Crippen MR) is 89.7 cm³/mol. The number of hydrazine groups is 1. The summed E-state index contributed by atoms with van der Waals surface area (Å²) in [7, 11) is 0. The molecule has 2 heterocycles. The van der Waals surface area contributed by atoms with Crippen molar-refractivity contribution in [3.8, 4) is 0 Å². The molecule has 1 aliphatic carbocycles. The lowest BCUT2D eigenvalue weighted by molar-refractivity contribution is -0.136. The Hall–Kier alpha value is -1.41. The molecule has 3 rings (SSSR count). The van der Waals surface area contributed by atoms with Crippen LogP contribution in [-0.2, 0) is 9.59 Å². The number of thiophene rings is 1. The first-order valence-electron chi connectivity index (χ1n) is 7.69. The summed E-state index contributed by atoms with van der Waals surface area (Å²) in [4.78, 5) is 38.4. The number of carbonyl (C=O) groups is 3. The highest BCUT2D eigenvalue weighted by Crippen LogP contribution is 2.32. The third kappa shape index (κ3) is 4.11. The molecule has 1 aromatic heterocycles. The van der Waals surface area contributed by atoms with Gasteiger partial charge in [-0.25, -0.2) is 0 Å². The molecule has 1 aromatic rings. The lowest BCUT2D eigenvalue weighted by atomic mass is 9.96. The molecular weight excluding hydrogens is 382 g/mol. The normalized spacial score (nSPS) is 18.6. The van der Waals surface area contributed by atoms with Crippen molar-refractivity contribution in [3.05, 3.63) is 20.8 Å². The van der Waals surface area contributed by atoms with Crippen LogP contribution in [0, 0.1) is 11.8 Å².